The van der Waals surface area contributed by atoms with E-state index in [1.165, 1.54) is 0 Å². The third-order valence-electron chi connectivity index (χ3n) is 4.82. The molecule has 2 aromatic heterocycles. The lowest BCUT2D eigenvalue weighted by atomic mass is 10.0. The fraction of sp³-hybridized carbons (Fsp3) is 0.300. The normalized spacial score (nSPS) is 13.8. The highest BCUT2D eigenvalue weighted by Crippen LogP contribution is 2.18. The van der Waals surface area contributed by atoms with E-state index in [0.717, 1.165) is 37.2 Å². The van der Waals surface area contributed by atoms with Crippen LogP contribution in [-0.4, -0.2) is 49.9 Å². The van der Waals surface area contributed by atoms with Gasteiger partial charge in [0.1, 0.15) is 0 Å². The van der Waals surface area contributed by atoms with Crippen LogP contribution < -0.4 is 5.32 Å². The Morgan fingerprint density at radius 1 is 1.10 bits per heavy atom. The number of carbonyl (C=O) groups is 1. The Bertz CT molecular complexity index is 884. The van der Waals surface area contributed by atoms with E-state index in [1.807, 2.05) is 53.6 Å². The first-order chi connectivity index (χ1) is 13.3. The first-order valence-electron chi connectivity index (χ1n) is 9.19. The number of rotatable bonds is 5. The number of para-hydroxylation sites is 1. The minimum atomic E-state index is -0.0899. The van der Waals surface area contributed by atoms with E-state index in [4.69, 9.17) is 0 Å². The summed E-state index contributed by atoms with van der Waals surface area (Å²) in [5.74, 6) is -0.0899. The molecular formula is C20H24Cl2N6O. The highest BCUT2D eigenvalue weighted by atomic mass is 35.5. The first-order valence-corrected chi connectivity index (χ1v) is 9.19. The summed E-state index contributed by atoms with van der Waals surface area (Å²) in [5.41, 5.74) is 2.26. The molecule has 4 rings (SSSR count). The van der Waals surface area contributed by atoms with Crippen molar-refractivity contribution in [3.05, 3.63) is 72.3 Å². The van der Waals surface area contributed by atoms with Crippen LogP contribution in [-0.2, 0) is 6.54 Å². The Kier molecular flexibility index (Phi) is 8.57. The summed E-state index contributed by atoms with van der Waals surface area (Å²) in [6.45, 7) is 2.35. The predicted octanol–water partition coefficient (Wildman–Crippen LogP) is 2.90. The maximum absolute atomic E-state index is 13.3. The van der Waals surface area contributed by atoms with Crippen molar-refractivity contribution in [2.45, 2.75) is 25.4 Å². The highest BCUT2D eigenvalue weighted by molar-refractivity contribution is 5.92. The van der Waals surface area contributed by atoms with Crippen LogP contribution in [0.1, 0.15) is 28.9 Å². The predicted molar refractivity (Wildman–Crippen MR) is 116 cm³/mol. The molecule has 3 heterocycles. The smallest absolute Gasteiger partial charge is 0.276 e. The summed E-state index contributed by atoms with van der Waals surface area (Å²) in [5, 5.41) is 11.6. The molecule has 7 nitrogen and oxygen atoms in total. The zero-order valence-corrected chi connectivity index (χ0v) is 17.5. The number of halogens is 2. The van der Waals surface area contributed by atoms with E-state index < -0.39 is 0 Å². The third-order valence-corrected chi connectivity index (χ3v) is 4.82. The molecule has 0 unspecified atom stereocenters. The van der Waals surface area contributed by atoms with Gasteiger partial charge in [0.05, 0.1) is 11.9 Å². The largest absolute Gasteiger partial charge is 0.330 e. The minimum absolute atomic E-state index is 0. The van der Waals surface area contributed by atoms with E-state index in [-0.39, 0.29) is 36.8 Å². The van der Waals surface area contributed by atoms with Crippen molar-refractivity contribution in [2.75, 3.05) is 13.1 Å². The van der Waals surface area contributed by atoms with Gasteiger partial charge < -0.3 is 10.2 Å². The van der Waals surface area contributed by atoms with Crippen molar-refractivity contribution in [3.63, 3.8) is 0 Å². The average Bonchev–Trinajstić information content (AvgIpc) is 3.24. The zero-order valence-electron chi connectivity index (χ0n) is 15.8. The third kappa shape index (κ3) is 5.53. The van der Waals surface area contributed by atoms with Gasteiger partial charge >= 0.3 is 0 Å². The number of hydrogen-bond donors (Lipinski definition) is 1. The molecule has 1 fully saturated rings. The van der Waals surface area contributed by atoms with E-state index in [2.05, 4.69) is 20.6 Å². The molecule has 29 heavy (non-hydrogen) atoms. The van der Waals surface area contributed by atoms with Crippen LogP contribution >= 0.6 is 24.8 Å². The Balaban J connectivity index is 0.00000150. The molecule has 0 bridgehead atoms. The van der Waals surface area contributed by atoms with Crippen LogP contribution in [0.25, 0.3) is 5.69 Å². The van der Waals surface area contributed by atoms with Gasteiger partial charge in [0, 0.05) is 25.0 Å². The lowest BCUT2D eigenvalue weighted by Gasteiger charge is -2.34. The van der Waals surface area contributed by atoms with E-state index in [9.17, 15) is 4.79 Å². The number of piperidine rings is 1. The fourth-order valence-corrected chi connectivity index (χ4v) is 3.39. The standard InChI is InChI=1S/C20H22N6O.2ClH/c27-20(19-15-26(24-23-19)18-6-2-1-3-7-18)25(17-8-11-21-12-9-17)14-16-5-4-10-22-13-16;;/h1-7,10,13,15,17,21H,8-9,11-12,14H2;2*1H. The molecule has 3 aromatic rings. The molecule has 0 aliphatic carbocycles. The number of benzene rings is 1. The molecule has 1 amide bonds. The highest BCUT2D eigenvalue weighted by Gasteiger charge is 2.28. The second-order valence-electron chi connectivity index (χ2n) is 6.66. The van der Waals surface area contributed by atoms with Crippen molar-refractivity contribution in [1.29, 1.82) is 0 Å². The van der Waals surface area contributed by atoms with Gasteiger partial charge in [0.2, 0.25) is 0 Å². The second-order valence-corrected chi connectivity index (χ2v) is 6.66. The van der Waals surface area contributed by atoms with Crippen LogP contribution in [0.4, 0.5) is 0 Å². The molecule has 0 saturated carbocycles. The summed E-state index contributed by atoms with van der Waals surface area (Å²) < 4.78 is 1.64. The fourth-order valence-electron chi connectivity index (χ4n) is 3.39. The van der Waals surface area contributed by atoms with Gasteiger partial charge in [-0.1, -0.05) is 29.5 Å². The van der Waals surface area contributed by atoms with Crippen LogP contribution in [0.5, 0.6) is 0 Å². The summed E-state index contributed by atoms with van der Waals surface area (Å²) in [7, 11) is 0. The lowest BCUT2D eigenvalue weighted by molar-refractivity contribution is 0.0617. The van der Waals surface area contributed by atoms with Gasteiger partial charge in [-0.05, 0) is 49.7 Å². The quantitative estimate of drug-likeness (QED) is 0.667. The Hall–Kier alpha value is -2.48. The molecule has 1 aliphatic rings. The second kappa shape index (κ2) is 10.9. The number of pyridine rings is 1. The van der Waals surface area contributed by atoms with E-state index >= 15 is 0 Å². The van der Waals surface area contributed by atoms with Crippen molar-refractivity contribution in [2.24, 2.45) is 0 Å². The molecule has 1 saturated heterocycles. The topological polar surface area (TPSA) is 75.9 Å². The van der Waals surface area contributed by atoms with Gasteiger partial charge in [0.25, 0.3) is 5.91 Å². The average molecular weight is 435 g/mol. The van der Waals surface area contributed by atoms with Crippen molar-refractivity contribution in [3.8, 4) is 5.69 Å². The SMILES string of the molecule is Cl.Cl.O=C(c1cn(-c2ccccc2)nn1)N(Cc1cccnc1)C1CCNCC1. The van der Waals surface area contributed by atoms with Crippen LogP contribution in [0.15, 0.2) is 61.1 Å². The summed E-state index contributed by atoms with van der Waals surface area (Å²) in [6.07, 6.45) is 7.11. The molecule has 1 aliphatic heterocycles. The van der Waals surface area contributed by atoms with Gasteiger partial charge in [-0.25, -0.2) is 4.68 Å². The van der Waals surface area contributed by atoms with Crippen LogP contribution in [0.2, 0.25) is 0 Å². The zero-order chi connectivity index (χ0) is 18.5. The number of aromatic nitrogens is 4. The molecule has 0 atom stereocenters. The number of amides is 1. The van der Waals surface area contributed by atoms with Crippen molar-refractivity contribution in [1.82, 2.24) is 30.2 Å². The van der Waals surface area contributed by atoms with Crippen LogP contribution in [0, 0.1) is 0 Å². The molecule has 0 spiro atoms. The van der Waals surface area contributed by atoms with Gasteiger partial charge in [-0.15, -0.1) is 29.9 Å². The number of nitrogens with one attached hydrogen (secondary N) is 1. The summed E-state index contributed by atoms with van der Waals surface area (Å²) in [4.78, 5) is 19.4. The Morgan fingerprint density at radius 3 is 2.55 bits per heavy atom. The molecule has 1 aromatic carbocycles. The van der Waals surface area contributed by atoms with Crippen LogP contribution in [0.3, 0.4) is 0 Å². The molecular weight excluding hydrogens is 411 g/mol. The number of hydrogen-bond acceptors (Lipinski definition) is 5. The Morgan fingerprint density at radius 2 is 1.86 bits per heavy atom. The van der Waals surface area contributed by atoms with E-state index in [0.29, 0.717) is 12.2 Å². The van der Waals surface area contributed by atoms with Gasteiger partial charge in [-0.3, -0.25) is 9.78 Å². The van der Waals surface area contributed by atoms with Gasteiger partial charge in [-0.2, -0.15) is 0 Å². The summed E-state index contributed by atoms with van der Waals surface area (Å²) >= 11 is 0. The Labute approximate surface area is 182 Å². The van der Waals surface area contributed by atoms with E-state index in [1.54, 1.807) is 17.1 Å². The maximum Gasteiger partial charge on any atom is 0.276 e. The lowest BCUT2D eigenvalue weighted by Crippen LogP contribution is -2.45. The molecule has 154 valence electrons. The summed E-state index contributed by atoms with van der Waals surface area (Å²) in [6, 6.07) is 13.7. The number of carbonyl (C=O) groups excluding carboxylic acids is 1. The number of nitrogens with zero attached hydrogens (tertiary/aromatic N) is 5. The molecule has 1 N–H and O–H groups in total. The monoisotopic (exact) mass is 434 g/mol. The van der Waals surface area contributed by atoms with Crippen molar-refractivity contribution < 1.29 is 4.79 Å². The molecule has 0 radical (unpaired) electrons. The maximum atomic E-state index is 13.3. The van der Waals surface area contributed by atoms with Crippen molar-refractivity contribution >= 4 is 30.7 Å². The first kappa shape index (κ1) is 22.8. The molecule has 9 heteroatoms. The van der Waals surface area contributed by atoms with Gasteiger partial charge in [0.15, 0.2) is 5.69 Å². The minimum Gasteiger partial charge on any atom is -0.330 e.